The summed E-state index contributed by atoms with van der Waals surface area (Å²) in [6.07, 6.45) is 5.44. The lowest BCUT2D eigenvalue weighted by molar-refractivity contribution is 0.241. The number of hydrogen-bond donors (Lipinski definition) is 0. The van der Waals surface area contributed by atoms with E-state index < -0.39 is 5.82 Å². The Balaban J connectivity index is 1.32. The maximum absolute atomic E-state index is 12.9. The van der Waals surface area contributed by atoms with E-state index in [9.17, 15) is 9.18 Å². The fourth-order valence-corrected chi connectivity index (χ4v) is 3.48. The van der Waals surface area contributed by atoms with E-state index in [0.29, 0.717) is 12.5 Å². The minimum Gasteiger partial charge on any atom is -0.338 e. The van der Waals surface area contributed by atoms with Crippen LogP contribution in [0.4, 0.5) is 10.3 Å². The zero-order valence-electron chi connectivity index (χ0n) is 14.1. The van der Waals surface area contributed by atoms with Crippen LogP contribution < -0.4 is 10.5 Å². The average Bonchev–Trinajstić information content (AvgIpc) is 3.08. The van der Waals surface area contributed by atoms with Gasteiger partial charge in [0.1, 0.15) is 0 Å². The van der Waals surface area contributed by atoms with Crippen LogP contribution in [-0.4, -0.2) is 57.4 Å². The summed E-state index contributed by atoms with van der Waals surface area (Å²) in [5, 5.41) is 4.52. The zero-order chi connectivity index (χ0) is 17.2. The molecule has 0 bridgehead atoms. The molecule has 2 aliphatic rings. The van der Waals surface area contributed by atoms with Crippen molar-refractivity contribution in [1.29, 1.82) is 0 Å². The number of halogens is 1. The molecule has 0 N–H and O–H groups in total. The van der Waals surface area contributed by atoms with E-state index in [1.165, 1.54) is 12.4 Å². The molecule has 0 amide bonds. The summed E-state index contributed by atoms with van der Waals surface area (Å²) < 4.78 is 14.5. The van der Waals surface area contributed by atoms with Crippen molar-refractivity contribution in [3.63, 3.8) is 0 Å². The van der Waals surface area contributed by atoms with Gasteiger partial charge in [0.25, 0.3) is 5.56 Å². The molecule has 8 heteroatoms. The lowest BCUT2D eigenvalue weighted by Crippen LogP contribution is -2.48. The van der Waals surface area contributed by atoms with Gasteiger partial charge in [-0.15, -0.1) is 0 Å². The monoisotopic (exact) mass is 344 g/mol. The second-order valence-corrected chi connectivity index (χ2v) is 6.56. The van der Waals surface area contributed by atoms with Gasteiger partial charge in [0, 0.05) is 38.8 Å². The molecule has 2 aromatic heterocycles. The molecule has 0 radical (unpaired) electrons. The van der Waals surface area contributed by atoms with Crippen molar-refractivity contribution in [1.82, 2.24) is 24.6 Å². The Bertz CT molecular complexity index is 798. The molecular formula is C17H21FN6O. The molecule has 4 rings (SSSR count). The second kappa shape index (κ2) is 6.87. The van der Waals surface area contributed by atoms with Crippen molar-refractivity contribution < 1.29 is 4.39 Å². The first-order chi connectivity index (χ1) is 12.2. The Hall–Kier alpha value is -2.35. The molecule has 0 spiro atoms. The lowest BCUT2D eigenvalue weighted by Gasteiger charge is -2.34. The summed E-state index contributed by atoms with van der Waals surface area (Å²) in [5.41, 5.74) is 2.20. The van der Waals surface area contributed by atoms with Gasteiger partial charge in [-0.05, 0) is 24.8 Å². The fraction of sp³-hybridized carbons (Fsp3) is 0.529. The van der Waals surface area contributed by atoms with Crippen LogP contribution in [0.5, 0.6) is 0 Å². The molecule has 1 fully saturated rings. The van der Waals surface area contributed by atoms with Gasteiger partial charge in [-0.1, -0.05) is 0 Å². The van der Waals surface area contributed by atoms with Crippen molar-refractivity contribution in [3.8, 4) is 0 Å². The maximum Gasteiger partial charge on any atom is 0.267 e. The molecule has 132 valence electrons. The number of hydrogen-bond acceptors (Lipinski definition) is 6. The van der Waals surface area contributed by atoms with Gasteiger partial charge >= 0.3 is 0 Å². The van der Waals surface area contributed by atoms with Crippen LogP contribution >= 0.6 is 0 Å². The van der Waals surface area contributed by atoms with Crippen LogP contribution in [0, 0.1) is 5.82 Å². The Morgan fingerprint density at radius 1 is 1.04 bits per heavy atom. The number of aromatic nitrogens is 4. The highest BCUT2D eigenvalue weighted by Gasteiger charge is 2.20. The molecule has 7 nitrogen and oxygen atoms in total. The predicted molar refractivity (Wildman–Crippen MR) is 91.2 cm³/mol. The van der Waals surface area contributed by atoms with Gasteiger partial charge in [0.05, 0.1) is 24.6 Å². The van der Waals surface area contributed by atoms with E-state index in [4.69, 9.17) is 0 Å². The van der Waals surface area contributed by atoms with E-state index in [0.717, 1.165) is 63.2 Å². The van der Waals surface area contributed by atoms with Gasteiger partial charge < -0.3 is 4.90 Å². The smallest absolute Gasteiger partial charge is 0.267 e. The fourth-order valence-electron chi connectivity index (χ4n) is 3.48. The Morgan fingerprint density at radius 3 is 2.56 bits per heavy atom. The number of anilines is 1. The van der Waals surface area contributed by atoms with Crippen molar-refractivity contribution >= 4 is 5.95 Å². The Kier molecular flexibility index (Phi) is 4.44. The minimum atomic E-state index is -0.422. The largest absolute Gasteiger partial charge is 0.338 e. The molecule has 0 atom stereocenters. The molecule has 1 aliphatic carbocycles. The summed E-state index contributed by atoms with van der Waals surface area (Å²) >= 11 is 0. The topological polar surface area (TPSA) is 67.2 Å². The number of aryl methyl sites for hydroxylation is 2. The second-order valence-electron chi connectivity index (χ2n) is 6.56. The van der Waals surface area contributed by atoms with E-state index in [1.54, 1.807) is 10.7 Å². The molecule has 0 saturated carbocycles. The summed E-state index contributed by atoms with van der Waals surface area (Å²) in [6, 6.07) is 1.75. The van der Waals surface area contributed by atoms with Crippen molar-refractivity contribution in [2.45, 2.75) is 25.8 Å². The third-order valence-corrected chi connectivity index (χ3v) is 4.91. The van der Waals surface area contributed by atoms with Crippen LogP contribution in [-0.2, 0) is 19.4 Å². The van der Waals surface area contributed by atoms with Crippen LogP contribution in [0.25, 0.3) is 0 Å². The highest BCUT2D eigenvalue weighted by atomic mass is 19.1. The molecule has 1 saturated heterocycles. The molecule has 25 heavy (non-hydrogen) atoms. The Morgan fingerprint density at radius 2 is 1.80 bits per heavy atom. The molecule has 2 aromatic rings. The molecule has 3 heterocycles. The standard InChI is InChI=1S/C17H21FN6O/c18-14-11-19-17(20-12-14)23-7-4-22(5-8-23)6-9-24-16(25)10-13-2-1-3-15(13)21-24/h10-12H,1-9H2. The number of piperazine rings is 1. The quantitative estimate of drug-likeness (QED) is 0.804. The van der Waals surface area contributed by atoms with Crippen LogP contribution in [0.2, 0.25) is 0 Å². The highest BCUT2D eigenvalue weighted by molar-refractivity contribution is 5.29. The number of rotatable bonds is 4. The first kappa shape index (κ1) is 16.1. The van der Waals surface area contributed by atoms with Crippen molar-refractivity contribution in [2.24, 2.45) is 0 Å². The van der Waals surface area contributed by atoms with E-state index >= 15 is 0 Å². The maximum atomic E-state index is 12.9. The van der Waals surface area contributed by atoms with Gasteiger partial charge in [0.15, 0.2) is 5.82 Å². The number of nitrogens with zero attached hydrogens (tertiary/aromatic N) is 6. The van der Waals surface area contributed by atoms with Gasteiger partial charge in [-0.25, -0.2) is 19.0 Å². The molecule has 0 aromatic carbocycles. The van der Waals surface area contributed by atoms with Gasteiger partial charge in [-0.3, -0.25) is 9.69 Å². The summed E-state index contributed by atoms with van der Waals surface area (Å²) in [4.78, 5) is 24.6. The molecule has 0 unspecified atom stereocenters. The molecule has 1 aliphatic heterocycles. The Labute approximate surface area is 145 Å². The lowest BCUT2D eigenvalue weighted by atomic mass is 10.2. The summed E-state index contributed by atoms with van der Waals surface area (Å²) in [6.45, 7) is 4.71. The average molecular weight is 344 g/mol. The summed E-state index contributed by atoms with van der Waals surface area (Å²) in [5.74, 6) is 0.146. The first-order valence-corrected chi connectivity index (χ1v) is 8.74. The van der Waals surface area contributed by atoms with Gasteiger partial charge in [0.2, 0.25) is 5.95 Å². The number of fused-ring (bicyclic) bond motifs is 1. The SMILES string of the molecule is O=c1cc2c(nn1CCN1CCN(c3ncc(F)cn3)CC1)CCC2. The van der Waals surface area contributed by atoms with E-state index in [1.807, 2.05) is 0 Å². The van der Waals surface area contributed by atoms with Crippen LogP contribution in [0.3, 0.4) is 0 Å². The van der Waals surface area contributed by atoms with Gasteiger partial charge in [-0.2, -0.15) is 5.10 Å². The van der Waals surface area contributed by atoms with Crippen LogP contribution in [0.15, 0.2) is 23.3 Å². The van der Waals surface area contributed by atoms with Crippen molar-refractivity contribution in [3.05, 3.63) is 45.9 Å². The van der Waals surface area contributed by atoms with Crippen LogP contribution in [0.1, 0.15) is 17.7 Å². The highest BCUT2D eigenvalue weighted by Crippen LogP contribution is 2.17. The molecular weight excluding hydrogens is 323 g/mol. The third kappa shape index (κ3) is 3.53. The zero-order valence-corrected chi connectivity index (χ0v) is 14.1. The van der Waals surface area contributed by atoms with Crippen molar-refractivity contribution in [2.75, 3.05) is 37.6 Å². The third-order valence-electron chi connectivity index (χ3n) is 4.91. The first-order valence-electron chi connectivity index (χ1n) is 8.74. The van der Waals surface area contributed by atoms with E-state index in [-0.39, 0.29) is 5.56 Å². The van der Waals surface area contributed by atoms with E-state index in [2.05, 4.69) is 24.9 Å². The normalized spacial score (nSPS) is 17.7. The predicted octanol–water partition coefficient (Wildman–Crippen LogP) is 0.483. The summed E-state index contributed by atoms with van der Waals surface area (Å²) in [7, 11) is 0. The minimum absolute atomic E-state index is 0.000928.